The molecule has 1 saturated heterocycles. The lowest BCUT2D eigenvalue weighted by atomic mass is 10.1. The van der Waals surface area contributed by atoms with Gasteiger partial charge in [0, 0.05) is 26.1 Å². The second-order valence-electron chi connectivity index (χ2n) is 4.08. The van der Waals surface area contributed by atoms with E-state index in [1.807, 2.05) is 6.92 Å². The molecular formula is C12H20N2O2. The van der Waals surface area contributed by atoms with E-state index >= 15 is 0 Å². The standard InChI is InChI=1S/C12H20N2O2/c1-4-6-9(5-2)14-12(15)11-7-10(16-3)8-13-11/h1,9-11,13H,5-8H2,2-3H3,(H,14,15). The van der Waals surface area contributed by atoms with Crippen LogP contribution in [-0.2, 0) is 9.53 Å². The quantitative estimate of drug-likeness (QED) is 0.660. The number of carbonyl (C=O) groups is 1. The normalized spacial score (nSPS) is 26.1. The molecule has 0 bridgehead atoms. The Hall–Kier alpha value is -1.05. The van der Waals surface area contributed by atoms with E-state index in [2.05, 4.69) is 16.6 Å². The molecule has 4 heteroatoms. The van der Waals surface area contributed by atoms with E-state index in [-0.39, 0.29) is 24.1 Å². The molecule has 1 amide bonds. The Morgan fingerprint density at radius 3 is 3.00 bits per heavy atom. The summed E-state index contributed by atoms with van der Waals surface area (Å²) in [4.78, 5) is 11.9. The number of methoxy groups -OCH3 is 1. The molecule has 0 saturated carbocycles. The lowest BCUT2D eigenvalue weighted by Gasteiger charge is -2.17. The zero-order valence-corrected chi connectivity index (χ0v) is 9.95. The van der Waals surface area contributed by atoms with E-state index in [9.17, 15) is 4.79 Å². The molecule has 1 heterocycles. The van der Waals surface area contributed by atoms with Gasteiger partial charge in [0.05, 0.1) is 12.1 Å². The average molecular weight is 224 g/mol. The van der Waals surface area contributed by atoms with Crippen molar-refractivity contribution in [1.82, 2.24) is 10.6 Å². The number of ether oxygens (including phenoxy) is 1. The van der Waals surface area contributed by atoms with Crippen molar-refractivity contribution >= 4 is 5.91 Å². The summed E-state index contributed by atoms with van der Waals surface area (Å²) < 4.78 is 5.20. The minimum absolute atomic E-state index is 0.0293. The Balaban J connectivity index is 2.38. The van der Waals surface area contributed by atoms with Gasteiger partial charge in [0.1, 0.15) is 0 Å². The molecule has 0 radical (unpaired) electrons. The Bertz CT molecular complexity index is 273. The maximum Gasteiger partial charge on any atom is 0.237 e. The highest BCUT2D eigenvalue weighted by molar-refractivity contribution is 5.82. The second kappa shape index (κ2) is 6.51. The summed E-state index contributed by atoms with van der Waals surface area (Å²) in [6, 6.07) is -0.0577. The van der Waals surface area contributed by atoms with E-state index in [1.54, 1.807) is 7.11 Å². The van der Waals surface area contributed by atoms with Crippen molar-refractivity contribution in [3.05, 3.63) is 0 Å². The van der Waals surface area contributed by atoms with Crippen LogP contribution in [0.4, 0.5) is 0 Å². The van der Waals surface area contributed by atoms with Gasteiger partial charge in [-0.05, 0) is 12.8 Å². The highest BCUT2D eigenvalue weighted by atomic mass is 16.5. The molecule has 0 aromatic rings. The molecule has 0 aromatic heterocycles. The number of terminal acetylenes is 1. The Kier molecular flexibility index (Phi) is 5.30. The van der Waals surface area contributed by atoms with Crippen LogP contribution < -0.4 is 10.6 Å². The Morgan fingerprint density at radius 1 is 1.75 bits per heavy atom. The van der Waals surface area contributed by atoms with Crippen molar-refractivity contribution in [2.45, 2.75) is 44.4 Å². The van der Waals surface area contributed by atoms with Crippen molar-refractivity contribution < 1.29 is 9.53 Å². The number of amides is 1. The molecule has 3 atom stereocenters. The summed E-state index contributed by atoms with van der Waals surface area (Å²) >= 11 is 0. The smallest absolute Gasteiger partial charge is 0.237 e. The van der Waals surface area contributed by atoms with Crippen LogP contribution in [0.2, 0.25) is 0 Å². The first-order valence-electron chi connectivity index (χ1n) is 5.71. The molecule has 1 fully saturated rings. The zero-order chi connectivity index (χ0) is 12.0. The highest BCUT2D eigenvalue weighted by Gasteiger charge is 2.29. The fourth-order valence-corrected chi connectivity index (χ4v) is 1.82. The van der Waals surface area contributed by atoms with Crippen LogP contribution in [0.3, 0.4) is 0 Å². The first-order valence-corrected chi connectivity index (χ1v) is 5.71. The van der Waals surface area contributed by atoms with Crippen molar-refractivity contribution in [3.63, 3.8) is 0 Å². The van der Waals surface area contributed by atoms with E-state index in [0.717, 1.165) is 19.4 Å². The van der Waals surface area contributed by atoms with Gasteiger partial charge < -0.3 is 15.4 Å². The molecule has 0 aliphatic carbocycles. The molecule has 2 N–H and O–H groups in total. The lowest BCUT2D eigenvalue weighted by molar-refractivity contribution is -0.123. The molecule has 4 nitrogen and oxygen atoms in total. The van der Waals surface area contributed by atoms with E-state index in [1.165, 1.54) is 0 Å². The molecule has 0 aromatic carbocycles. The van der Waals surface area contributed by atoms with Crippen LogP contribution in [0.1, 0.15) is 26.2 Å². The third kappa shape index (κ3) is 3.51. The van der Waals surface area contributed by atoms with Gasteiger partial charge in [-0.3, -0.25) is 4.79 Å². The number of hydrogen-bond donors (Lipinski definition) is 2. The van der Waals surface area contributed by atoms with Crippen molar-refractivity contribution in [2.75, 3.05) is 13.7 Å². The minimum Gasteiger partial charge on any atom is -0.380 e. The fourth-order valence-electron chi connectivity index (χ4n) is 1.82. The lowest BCUT2D eigenvalue weighted by Crippen LogP contribution is -2.44. The highest BCUT2D eigenvalue weighted by Crippen LogP contribution is 2.10. The van der Waals surface area contributed by atoms with Gasteiger partial charge in [-0.1, -0.05) is 6.92 Å². The molecule has 16 heavy (non-hydrogen) atoms. The molecule has 1 aliphatic rings. The predicted octanol–water partition coefficient (Wildman–Crippen LogP) is 0.281. The minimum atomic E-state index is -0.142. The molecule has 1 rings (SSSR count). The molecule has 1 aliphatic heterocycles. The third-order valence-corrected chi connectivity index (χ3v) is 2.94. The van der Waals surface area contributed by atoms with E-state index in [0.29, 0.717) is 6.42 Å². The van der Waals surface area contributed by atoms with E-state index < -0.39 is 0 Å². The van der Waals surface area contributed by atoms with Crippen LogP contribution >= 0.6 is 0 Å². The number of rotatable bonds is 5. The number of carbonyl (C=O) groups excluding carboxylic acids is 1. The van der Waals surface area contributed by atoms with Crippen LogP contribution in [0.5, 0.6) is 0 Å². The molecular weight excluding hydrogens is 204 g/mol. The summed E-state index contributed by atoms with van der Waals surface area (Å²) in [5, 5.41) is 6.09. The summed E-state index contributed by atoms with van der Waals surface area (Å²) in [6.45, 7) is 2.75. The monoisotopic (exact) mass is 224 g/mol. The van der Waals surface area contributed by atoms with Crippen LogP contribution in [0.25, 0.3) is 0 Å². The van der Waals surface area contributed by atoms with Gasteiger partial charge in [-0.15, -0.1) is 12.3 Å². The van der Waals surface area contributed by atoms with Crippen molar-refractivity contribution in [3.8, 4) is 12.3 Å². The van der Waals surface area contributed by atoms with Crippen LogP contribution in [0.15, 0.2) is 0 Å². The SMILES string of the molecule is C#CCC(CC)NC(=O)C1CC(OC)CN1. The van der Waals surface area contributed by atoms with E-state index in [4.69, 9.17) is 11.2 Å². The third-order valence-electron chi connectivity index (χ3n) is 2.94. The van der Waals surface area contributed by atoms with Gasteiger partial charge in [-0.25, -0.2) is 0 Å². The Labute approximate surface area is 97.1 Å². The van der Waals surface area contributed by atoms with Gasteiger partial charge >= 0.3 is 0 Å². The summed E-state index contributed by atoms with van der Waals surface area (Å²) in [6.07, 6.45) is 7.56. The van der Waals surface area contributed by atoms with Gasteiger partial charge in [-0.2, -0.15) is 0 Å². The average Bonchev–Trinajstić information content (AvgIpc) is 2.76. The number of hydrogen-bond acceptors (Lipinski definition) is 3. The van der Waals surface area contributed by atoms with Crippen LogP contribution in [0, 0.1) is 12.3 Å². The number of nitrogens with one attached hydrogen (secondary N) is 2. The maximum absolute atomic E-state index is 11.9. The Morgan fingerprint density at radius 2 is 2.50 bits per heavy atom. The van der Waals surface area contributed by atoms with Crippen molar-refractivity contribution in [1.29, 1.82) is 0 Å². The second-order valence-corrected chi connectivity index (χ2v) is 4.08. The van der Waals surface area contributed by atoms with Crippen LogP contribution in [-0.4, -0.2) is 37.7 Å². The summed E-state index contributed by atoms with van der Waals surface area (Å²) in [5.74, 6) is 2.60. The molecule has 90 valence electrons. The first kappa shape index (κ1) is 13.0. The molecule has 3 unspecified atom stereocenters. The molecule has 0 spiro atoms. The first-order chi connectivity index (χ1) is 7.71. The fraction of sp³-hybridized carbons (Fsp3) is 0.750. The zero-order valence-electron chi connectivity index (χ0n) is 9.95. The predicted molar refractivity (Wildman–Crippen MR) is 62.9 cm³/mol. The largest absolute Gasteiger partial charge is 0.380 e. The van der Waals surface area contributed by atoms with Gasteiger partial charge in [0.25, 0.3) is 0 Å². The maximum atomic E-state index is 11.9. The summed E-state index contributed by atoms with van der Waals surface area (Å²) in [7, 11) is 1.67. The van der Waals surface area contributed by atoms with Gasteiger partial charge in [0.15, 0.2) is 0 Å². The van der Waals surface area contributed by atoms with Crippen molar-refractivity contribution in [2.24, 2.45) is 0 Å². The van der Waals surface area contributed by atoms with Gasteiger partial charge in [0.2, 0.25) is 5.91 Å². The topological polar surface area (TPSA) is 50.4 Å². The summed E-state index contributed by atoms with van der Waals surface area (Å²) in [5.41, 5.74) is 0.